The fraction of sp³-hybridized carbons (Fsp3) is 0.0833. The number of aryl methyl sites for hydroxylation is 1. The molecule has 0 atom stereocenters. The van der Waals surface area contributed by atoms with Gasteiger partial charge in [-0.25, -0.2) is 0 Å². The zero-order valence-corrected chi connectivity index (χ0v) is 10.0. The van der Waals surface area contributed by atoms with Crippen molar-refractivity contribution in [1.82, 2.24) is 4.98 Å². The summed E-state index contributed by atoms with van der Waals surface area (Å²) in [6.07, 6.45) is 3.65. The lowest BCUT2D eigenvalue weighted by Crippen LogP contribution is -1.82. The van der Waals surface area contributed by atoms with E-state index in [-0.39, 0.29) is 0 Å². The lowest BCUT2D eigenvalue weighted by Gasteiger charge is -2.03. The summed E-state index contributed by atoms with van der Waals surface area (Å²) in [5.41, 5.74) is 3.78. The Hall–Kier alpha value is -0.900. The van der Waals surface area contributed by atoms with Gasteiger partial charge in [-0.1, -0.05) is 6.07 Å². The topological polar surface area (TPSA) is 12.9 Å². The van der Waals surface area contributed by atoms with Gasteiger partial charge in [0.25, 0.3) is 0 Å². The SMILES string of the molecule is Cc1cc(I)cc(-c2ccncc2)c1. The predicted octanol–water partition coefficient (Wildman–Crippen LogP) is 3.66. The normalized spacial score (nSPS) is 10.1. The van der Waals surface area contributed by atoms with Gasteiger partial charge in [0.05, 0.1) is 0 Å². The molecule has 1 heterocycles. The molecule has 2 rings (SSSR count). The molecule has 0 saturated carbocycles. The quantitative estimate of drug-likeness (QED) is 0.732. The van der Waals surface area contributed by atoms with Gasteiger partial charge in [0.1, 0.15) is 0 Å². The maximum Gasteiger partial charge on any atom is 0.0273 e. The first-order valence-corrected chi connectivity index (χ1v) is 5.51. The molecule has 1 aromatic heterocycles. The van der Waals surface area contributed by atoms with E-state index in [1.807, 2.05) is 24.5 Å². The standard InChI is InChI=1S/C12H10IN/c1-9-6-11(8-12(13)7-9)10-2-4-14-5-3-10/h2-8H,1H3. The molecule has 0 spiro atoms. The molecule has 1 nitrogen and oxygen atoms in total. The number of halogens is 1. The molecule has 0 amide bonds. The van der Waals surface area contributed by atoms with Gasteiger partial charge in [0, 0.05) is 16.0 Å². The molecule has 70 valence electrons. The zero-order chi connectivity index (χ0) is 9.97. The highest BCUT2D eigenvalue weighted by atomic mass is 127. The number of rotatable bonds is 1. The highest BCUT2D eigenvalue weighted by molar-refractivity contribution is 14.1. The third-order valence-electron chi connectivity index (χ3n) is 2.06. The minimum atomic E-state index is 1.22. The van der Waals surface area contributed by atoms with Crippen LogP contribution in [0, 0.1) is 10.5 Å². The molecule has 1 aromatic carbocycles. The van der Waals surface area contributed by atoms with E-state index in [2.05, 4.69) is 52.7 Å². The molecule has 0 unspecified atom stereocenters. The van der Waals surface area contributed by atoms with E-state index in [1.165, 1.54) is 20.3 Å². The van der Waals surface area contributed by atoms with Crippen molar-refractivity contribution in [2.45, 2.75) is 6.92 Å². The number of aromatic nitrogens is 1. The van der Waals surface area contributed by atoms with Gasteiger partial charge in [-0.15, -0.1) is 0 Å². The van der Waals surface area contributed by atoms with Crippen molar-refractivity contribution in [3.63, 3.8) is 0 Å². The highest BCUT2D eigenvalue weighted by Crippen LogP contribution is 2.22. The maximum atomic E-state index is 4.01. The largest absolute Gasteiger partial charge is 0.265 e. The van der Waals surface area contributed by atoms with Crippen molar-refractivity contribution >= 4 is 22.6 Å². The molecule has 2 heteroatoms. The van der Waals surface area contributed by atoms with Crippen LogP contribution in [0.25, 0.3) is 11.1 Å². The van der Waals surface area contributed by atoms with E-state index in [1.54, 1.807) is 0 Å². The van der Waals surface area contributed by atoms with Crippen LogP contribution in [0.15, 0.2) is 42.7 Å². The molecule has 0 aliphatic heterocycles. The molecule has 2 aromatic rings. The van der Waals surface area contributed by atoms with Gasteiger partial charge in [-0.2, -0.15) is 0 Å². The molecule has 0 N–H and O–H groups in total. The molecule has 0 bridgehead atoms. The van der Waals surface area contributed by atoms with Crippen molar-refractivity contribution in [1.29, 1.82) is 0 Å². The van der Waals surface area contributed by atoms with Gasteiger partial charge in [-0.3, -0.25) is 4.98 Å². The monoisotopic (exact) mass is 295 g/mol. The maximum absolute atomic E-state index is 4.01. The molecule has 0 radical (unpaired) electrons. The van der Waals surface area contributed by atoms with Crippen molar-refractivity contribution < 1.29 is 0 Å². The fourth-order valence-corrected chi connectivity index (χ4v) is 2.27. The Balaban J connectivity index is 2.52. The molecule has 0 saturated heterocycles. The van der Waals surface area contributed by atoms with Crippen LogP contribution in [0.5, 0.6) is 0 Å². The van der Waals surface area contributed by atoms with Gasteiger partial charge in [0.2, 0.25) is 0 Å². The second kappa shape index (κ2) is 4.09. The minimum Gasteiger partial charge on any atom is -0.265 e. The zero-order valence-electron chi connectivity index (χ0n) is 7.87. The molecule has 14 heavy (non-hydrogen) atoms. The third kappa shape index (κ3) is 2.12. The van der Waals surface area contributed by atoms with Gasteiger partial charge < -0.3 is 0 Å². The summed E-state index contributed by atoms with van der Waals surface area (Å²) in [6, 6.07) is 10.6. The van der Waals surface area contributed by atoms with Crippen LogP contribution in [0.1, 0.15) is 5.56 Å². The average Bonchev–Trinajstić information content (AvgIpc) is 2.18. The summed E-state index contributed by atoms with van der Waals surface area (Å²) in [7, 11) is 0. The average molecular weight is 295 g/mol. The van der Waals surface area contributed by atoms with Crippen LogP contribution in [-0.2, 0) is 0 Å². The van der Waals surface area contributed by atoms with Crippen LogP contribution < -0.4 is 0 Å². The molecule has 0 aliphatic carbocycles. The lowest BCUT2D eigenvalue weighted by atomic mass is 10.1. The van der Waals surface area contributed by atoms with E-state index < -0.39 is 0 Å². The summed E-state index contributed by atoms with van der Waals surface area (Å²) < 4.78 is 1.27. The first kappa shape index (κ1) is 9.65. The first-order valence-electron chi connectivity index (χ1n) is 4.43. The van der Waals surface area contributed by atoms with E-state index in [0.29, 0.717) is 0 Å². The smallest absolute Gasteiger partial charge is 0.0273 e. The van der Waals surface area contributed by atoms with E-state index >= 15 is 0 Å². The second-order valence-corrected chi connectivity index (χ2v) is 4.50. The van der Waals surface area contributed by atoms with Crippen molar-refractivity contribution in [2.75, 3.05) is 0 Å². The van der Waals surface area contributed by atoms with Crippen molar-refractivity contribution in [3.05, 3.63) is 51.9 Å². The number of nitrogens with zero attached hydrogens (tertiary/aromatic N) is 1. The third-order valence-corrected chi connectivity index (χ3v) is 2.68. The highest BCUT2D eigenvalue weighted by Gasteiger charge is 1.98. The van der Waals surface area contributed by atoms with E-state index in [9.17, 15) is 0 Å². The summed E-state index contributed by atoms with van der Waals surface area (Å²) in [4.78, 5) is 4.01. The minimum absolute atomic E-state index is 1.22. The number of pyridine rings is 1. The van der Waals surface area contributed by atoms with Gasteiger partial charge >= 0.3 is 0 Å². The Morgan fingerprint density at radius 3 is 2.36 bits per heavy atom. The van der Waals surface area contributed by atoms with Crippen molar-refractivity contribution in [3.8, 4) is 11.1 Å². The predicted molar refractivity (Wildman–Crippen MR) is 67.1 cm³/mol. The van der Waals surface area contributed by atoms with Gasteiger partial charge in [-0.05, 0) is 70.5 Å². The first-order chi connectivity index (χ1) is 6.75. The summed E-state index contributed by atoms with van der Waals surface area (Å²) in [5.74, 6) is 0. The summed E-state index contributed by atoms with van der Waals surface area (Å²) in [5, 5.41) is 0. The van der Waals surface area contributed by atoms with Crippen LogP contribution in [0.3, 0.4) is 0 Å². The summed E-state index contributed by atoms with van der Waals surface area (Å²) in [6.45, 7) is 2.12. The number of hydrogen-bond acceptors (Lipinski definition) is 1. The Kier molecular flexibility index (Phi) is 2.82. The van der Waals surface area contributed by atoms with Gasteiger partial charge in [0.15, 0.2) is 0 Å². The Morgan fingerprint density at radius 2 is 1.71 bits per heavy atom. The Labute approximate surface area is 97.3 Å². The van der Waals surface area contributed by atoms with Crippen LogP contribution in [0.4, 0.5) is 0 Å². The van der Waals surface area contributed by atoms with E-state index in [4.69, 9.17) is 0 Å². The van der Waals surface area contributed by atoms with Crippen LogP contribution >= 0.6 is 22.6 Å². The van der Waals surface area contributed by atoms with Crippen LogP contribution in [-0.4, -0.2) is 4.98 Å². The number of hydrogen-bond donors (Lipinski definition) is 0. The molecular formula is C12H10IN. The second-order valence-electron chi connectivity index (χ2n) is 3.25. The lowest BCUT2D eigenvalue weighted by molar-refractivity contribution is 1.33. The summed E-state index contributed by atoms with van der Waals surface area (Å²) >= 11 is 2.34. The molecule has 0 fully saturated rings. The number of benzene rings is 1. The fourth-order valence-electron chi connectivity index (χ4n) is 1.45. The Morgan fingerprint density at radius 1 is 1.00 bits per heavy atom. The van der Waals surface area contributed by atoms with Crippen molar-refractivity contribution in [2.24, 2.45) is 0 Å². The van der Waals surface area contributed by atoms with Crippen LogP contribution in [0.2, 0.25) is 0 Å². The molecule has 0 aliphatic rings. The van der Waals surface area contributed by atoms with E-state index in [0.717, 1.165) is 0 Å². The Bertz CT molecular complexity index is 417. The molecular weight excluding hydrogens is 285 g/mol.